The summed E-state index contributed by atoms with van der Waals surface area (Å²) >= 11 is 0. The molecule has 0 amide bonds. The summed E-state index contributed by atoms with van der Waals surface area (Å²) < 4.78 is 13.1. The maximum Gasteiger partial charge on any atom is 0.360 e. The molecular weight excluding hydrogens is 250 g/mol. The average Bonchev–Trinajstić information content (AvgIpc) is 3.05. The van der Waals surface area contributed by atoms with Crippen LogP contribution in [0.1, 0.15) is 16.2 Å². The molecule has 2 rings (SSSR count). The lowest BCUT2D eigenvalue weighted by molar-refractivity contribution is 0.0588. The van der Waals surface area contributed by atoms with Crippen molar-refractivity contribution < 1.29 is 14.3 Å². The SMILES string of the molecule is COCc1c(C(=O)OC)nnn1CCn1cccn1. The molecule has 0 spiro atoms. The van der Waals surface area contributed by atoms with Gasteiger partial charge in [-0.15, -0.1) is 5.10 Å². The Bertz CT molecular complexity index is 535. The van der Waals surface area contributed by atoms with E-state index < -0.39 is 5.97 Å². The van der Waals surface area contributed by atoms with Gasteiger partial charge in [-0.2, -0.15) is 5.10 Å². The largest absolute Gasteiger partial charge is 0.464 e. The summed E-state index contributed by atoms with van der Waals surface area (Å²) in [6.45, 7) is 1.43. The van der Waals surface area contributed by atoms with E-state index in [-0.39, 0.29) is 12.3 Å². The second-order valence-electron chi connectivity index (χ2n) is 3.80. The number of carbonyl (C=O) groups is 1. The van der Waals surface area contributed by atoms with E-state index in [0.29, 0.717) is 18.8 Å². The molecule has 0 fully saturated rings. The monoisotopic (exact) mass is 265 g/mol. The van der Waals surface area contributed by atoms with E-state index >= 15 is 0 Å². The van der Waals surface area contributed by atoms with Crippen LogP contribution in [0.25, 0.3) is 0 Å². The first kappa shape index (κ1) is 13.2. The van der Waals surface area contributed by atoms with Gasteiger partial charge in [-0.25, -0.2) is 9.48 Å². The van der Waals surface area contributed by atoms with Gasteiger partial charge < -0.3 is 9.47 Å². The lowest BCUT2D eigenvalue weighted by atomic mass is 10.3. The van der Waals surface area contributed by atoms with Gasteiger partial charge in [-0.05, 0) is 6.07 Å². The van der Waals surface area contributed by atoms with Gasteiger partial charge in [0.1, 0.15) is 0 Å². The van der Waals surface area contributed by atoms with Gasteiger partial charge in [0.25, 0.3) is 0 Å². The first-order valence-corrected chi connectivity index (χ1v) is 5.73. The third-order valence-corrected chi connectivity index (χ3v) is 2.60. The van der Waals surface area contributed by atoms with Crippen molar-refractivity contribution in [2.24, 2.45) is 0 Å². The Labute approximate surface area is 109 Å². The van der Waals surface area contributed by atoms with Crippen molar-refractivity contribution >= 4 is 5.97 Å². The van der Waals surface area contributed by atoms with Crippen LogP contribution in [-0.4, -0.2) is 45.0 Å². The number of carbonyl (C=O) groups excluding carboxylic acids is 1. The van der Waals surface area contributed by atoms with Gasteiger partial charge in [-0.1, -0.05) is 5.21 Å². The fourth-order valence-corrected chi connectivity index (χ4v) is 1.68. The van der Waals surface area contributed by atoms with Crippen LogP contribution in [0, 0.1) is 0 Å². The summed E-state index contributed by atoms with van der Waals surface area (Å²) in [5, 5.41) is 11.9. The molecule has 0 aromatic carbocycles. The highest BCUT2D eigenvalue weighted by Crippen LogP contribution is 2.08. The van der Waals surface area contributed by atoms with Gasteiger partial charge >= 0.3 is 5.97 Å². The minimum absolute atomic E-state index is 0.185. The number of hydrogen-bond acceptors (Lipinski definition) is 6. The number of hydrogen-bond donors (Lipinski definition) is 0. The van der Waals surface area contributed by atoms with Crippen molar-refractivity contribution in [1.29, 1.82) is 0 Å². The zero-order valence-corrected chi connectivity index (χ0v) is 10.8. The zero-order chi connectivity index (χ0) is 13.7. The third-order valence-electron chi connectivity index (χ3n) is 2.60. The van der Waals surface area contributed by atoms with Crippen LogP contribution in [0.5, 0.6) is 0 Å². The van der Waals surface area contributed by atoms with E-state index in [0.717, 1.165) is 0 Å². The molecule has 8 heteroatoms. The zero-order valence-electron chi connectivity index (χ0n) is 10.8. The molecule has 0 aliphatic rings. The van der Waals surface area contributed by atoms with Crippen LogP contribution in [0.4, 0.5) is 0 Å². The fourth-order valence-electron chi connectivity index (χ4n) is 1.68. The Kier molecular flexibility index (Phi) is 4.24. The molecule has 0 aliphatic carbocycles. The number of aromatic nitrogens is 5. The van der Waals surface area contributed by atoms with Crippen LogP contribution >= 0.6 is 0 Å². The van der Waals surface area contributed by atoms with Gasteiger partial charge in [0.15, 0.2) is 5.69 Å². The number of rotatable bonds is 6. The summed E-state index contributed by atoms with van der Waals surface area (Å²) in [6.07, 6.45) is 3.56. The van der Waals surface area contributed by atoms with E-state index in [2.05, 4.69) is 20.1 Å². The van der Waals surface area contributed by atoms with Gasteiger partial charge in [-0.3, -0.25) is 4.68 Å². The van der Waals surface area contributed by atoms with Crippen LogP contribution in [0.2, 0.25) is 0 Å². The fraction of sp³-hybridized carbons (Fsp3) is 0.455. The van der Waals surface area contributed by atoms with Crippen molar-refractivity contribution in [2.75, 3.05) is 14.2 Å². The van der Waals surface area contributed by atoms with Crippen LogP contribution in [0.3, 0.4) is 0 Å². The molecule has 2 aromatic heterocycles. The molecule has 0 saturated carbocycles. The first-order chi connectivity index (χ1) is 9.26. The molecule has 0 N–H and O–H groups in total. The minimum atomic E-state index is -0.516. The number of nitrogens with zero attached hydrogens (tertiary/aromatic N) is 5. The highest BCUT2D eigenvalue weighted by Gasteiger charge is 2.19. The molecule has 2 heterocycles. The highest BCUT2D eigenvalue weighted by atomic mass is 16.5. The van der Waals surface area contributed by atoms with Crippen molar-refractivity contribution in [2.45, 2.75) is 19.7 Å². The number of aryl methyl sites for hydroxylation is 2. The van der Waals surface area contributed by atoms with Crippen molar-refractivity contribution in [3.63, 3.8) is 0 Å². The van der Waals surface area contributed by atoms with Crippen molar-refractivity contribution in [3.05, 3.63) is 29.8 Å². The Hall–Kier alpha value is -2.22. The Morgan fingerprint density at radius 3 is 2.84 bits per heavy atom. The van der Waals surface area contributed by atoms with Crippen LogP contribution in [-0.2, 0) is 29.2 Å². The predicted molar refractivity (Wildman–Crippen MR) is 64.3 cm³/mol. The smallest absolute Gasteiger partial charge is 0.360 e. The van der Waals surface area contributed by atoms with Crippen LogP contribution < -0.4 is 0 Å². The lowest BCUT2D eigenvalue weighted by Crippen LogP contribution is -2.14. The summed E-state index contributed by atoms with van der Waals surface area (Å²) in [7, 11) is 2.85. The highest BCUT2D eigenvalue weighted by molar-refractivity contribution is 5.88. The summed E-state index contributed by atoms with van der Waals surface area (Å²) in [5.41, 5.74) is 0.784. The van der Waals surface area contributed by atoms with Crippen molar-refractivity contribution in [3.8, 4) is 0 Å². The second kappa shape index (κ2) is 6.10. The van der Waals surface area contributed by atoms with Gasteiger partial charge in [0.05, 0.1) is 32.5 Å². The molecule has 0 atom stereocenters. The maximum absolute atomic E-state index is 11.5. The van der Waals surface area contributed by atoms with E-state index in [4.69, 9.17) is 4.74 Å². The maximum atomic E-state index is 11.5. The molecule has 0 bridgehead atoms. The third kappa shape index (κ3) is 2.97. The molecular formula is C11H15N5O3. The molecule has 8 nitrogen and oxygen atoms in total. The molecule has 19 heavy (non-hydrogen) atoms. The summed E-state index contributed by atoms with van der Waals surface area (Å²) in [6, 6.07) is 1.84. The first-order valence-electron chi connectivity index (χ1n) is 5.73. The average molecular weight is 265 g/mol. The number of esters is 1. The topological polar surface area (TPSA) is 84.1 Å². The Morgan fingerprint density at radius 2 is 2.21 bits per heavy atom. The molecule has 2 aromatic rings. The van der Waals surface area contributed by atoms with E-state index in [1.807, 2.05) is 12.3 Å². The quantitative estimate of drug-likeness (QED) is 0.689. The summed E-state index contributed by atoms with van der Waals surface area (Å²) in [4.78, 5) is 11.5. The molecule has 0 saturated heterocycles. The van der Waals surface area contributed by atoms with E-state index in [1.54, 1.807) is 22.7 Å². The Balaban J connectivity index is 2.15. The van der Waals surface area contributed by atoms with E-state index in [1.165, 1.54) is 7.11 Å². The Morgan fingerprint density at radius 1 is 1.37 bits per heavy atom. The molecule has 0 radical (unpaired) electrons. The van der Waals surface area contributed by atoms with Crippen LogP contribution in [0.15, 0.2) is 18.5 Å². The second-order valence-corrected chi connectivity index (χ2v) is 3.80. The van der Waals surface area contributed by atoms with Gasteiger partial charge in [0.2, 0.25) is 0 Å². The molecule has 0 aliphatic heterocycles. The predicted octanol–water partition coefficient (Wildman–Crippen LogP) is 0.108. The summed E-state index contributed by atoms with van der Waals surface area (Å²) in [5.74, 6) is -0.516. The molecule has 0 unspecified atom stereocenters. The van der Waals surface area contributed by atoms with Gasteiger partial charge in [0, 0.05) is 19.5 Å². The minimum Gasteiger partial charge on any atom is -0.464 e. The lowest BCUT2D eigenvalue weighted by Gasteiger charge is -2.06. The van der Waals surface area contributed by atoms with Crippen molar-refractivity contribution in [1.82, 2.24) is 24.8 Å². The number of methoxy groups -OCH3 is 2. The standard InChI is InChI=1S/C11H15N5O3/c1-18-8-9-10(11(17)19-2)13-14-16(9)7-6-15-5-3-4-12-15/h3-5H,6-8H2,1-2H3. The normalized spacial score (nSPS) is 10.6. The number of ether oxygens (including phenoxy) is 2. The molecule has 102 valence electrons. The van der Waals surface area contributed by atoms with E-state index in [9.17, 15) is 4.79 Å².